The van der Waals surface area contributed by atoms with E-state index in [1.165, 1.54) is 5.56 Å². The molecule has 0 amide bonds. The fourth-order valence-corrected chi connectivity index (χ4v) is 2.89. The first-order chi connectivity index (χ1) is 10.2. The van der Waals surface area contributed by atoms with Crippen molar-refractivity contribution in [3.63, 3.8) is 0 Å². The molecule has 0 saturated carbocycles. The van der Waals surface area contributed by atoms with Crippen LogP contribution in [0.4, 0.5) is 0 Å². The van der Waals surface area contributed by atoms with Gasteiger partial charge in [0.15, 0.2) is 0 Å². The number of nitrogens with one attached hydrogen (secondary N) is 1. The average Bonchev–Trinajstić information content (AvgIpc) is 2.89. The molecule has 0 spiro atoms. The zero-order valence-electron chi connectivity index (χ0n) is 12.8. The molecular formula is C16H22BrN3O. The summed E-state index contributed by atoms with van der Waals surface area (Å²) in [6, 6.07) is 8.32. The summed E-state index contributed by atoms with van der Waals surface area (Å²) >= 11 is 3.63. The maximum atomic E-state index is 5.24. The van der Waals surface area contributed by atoms with Gasteiger partial charge in [0.25, 0.3) is 0 Å². The van der Waals surface area contributed by atoms with Crippen LogP contribution in [0.25, 0.3) is 0 Å². The zero-order chi connectivity index (χ0) is 15.2. The Kier molecular flexibility index (Phi) is 5.82. The van der Waals surface area contributed by atoms with Crippen LogP contribution in [0.3, 0.4) is 0 Å². The van der Waals surface area contributed by atoms with Crippen molar-refractivity contribution in [1.29, 1.82) is 0 Å². The lowest BCUT2D eigenvalue weighted by Gasteiger charge is -2.21. The minimum Gasteiger partial charge on any atom is -0.497 e. The predicted molar refractivity (Wildman–Crippen MR) is 88.7 cm³/mol. The molecule has 1 heterocycles. The van der Waals surface area contributed by atoms with Crippen molar-refractivity contribution in [2.45, 2.75) is 32.9 Å². The Morgan fingerprint density at radius 1 is 1.29 bits per heavy atom. The van der Waals surface area contributed by atoms with Crippen LogP contribution in [0.2, 0.25) is 0 Å². The topological polar surface area (TPSA) is 39.1 Å². The van der Waals surface area contributed by atoms with E-state index in [1.54, 1.807) is 7.11 Å². The van der Waals surface area contributed by atoms with Crippen molar-refractivity contribution in [2.75, 3.05) is 13.7 Å². The molecule has 0 saturated heterocycles. The number of benzene rings is 1. The second-order valence-electron chi connectivity index (χ2n) is 4.85. The van der Waals surface area contributed by atoms with Crippen LogP contribution in [0.15, 0.2) is 34.9 Å². The third-order valence-corrected chi connectivity index (χ3v) is 4.06. The van der Waals surface area contributed by atoms with Gasteiger partial charge in [0, 0.05) is 6.54 Å². The fraction of sp³-hybridized carbons (Fsp3) is 0.438. The van der Waals surface area contributed by atoms with Crippen LogP contribution in [-0.4, -0.2) is 23.4 Å². The molecule has 1 aromatic heterocycles. The molecule has 0 aliphatic heterocycles. The number of aryl methyl sites for hydroxylation is 1. The molecule has 1 aromatic carbocycles. The molecule has 5 heteroatoms. The molecule has 0 fully saturated rings. The third kappa shape index (κ3) is 3.66. The maximum absolute atomic E-state index is 5.24. The highest BCUT2D eigenvalue weighted by molar-refractivity contribution is 9.10. The Hall–Kier alpha value is -1.33. The Balaban J connectivity index is 2.39. The lowest BCUT2D eigenvalue weighted by Crippen LogP contribution is -2.26. The molecule has 4 nitrogen and oxygen atoms in total. The number of rotatable bonds is 7. The van der Waals surface area contributed by atoms with Gasteiger partial charge in [0.1, 0.15) is 5.75 Å². The molecule has 2 rings (SSSR count). The summed E-state index contributed by atoms with van der Waals surface area (Å²) in [4.78, 5) is 0. The number of hydrogen-bond donors (Lipinski definition) is 1. The van der Waals surface area contributed by atoms with Gasteiger partial charge in [-0.2, -0.15) is 5.10 Å². The first kappa shape index (κ1) is 16.0. The SMILES string of the molecule is CCCNC(c1ccc(OC)cc1)c1c(Br)cnn1CC. The lowest BCUT2D eigenvalue weighted by atomic mass is 10.0. The highest BCUT2D eigenvalue weighted by Crippen LogP contribution is 2.29. The average molecular weight is 352 g/mol. The summed E-state index contributed by atoms with van der Waals surface area (Å²) in [5.74, 6) is 0.871. The van der Waals surface area contributed by atoms with E-state index >= 15 is 0 Å². The van der Waals surface area contributed by atoms with Crippen LogP contribution in [-0.2, 0) is 6.54 Å². The van der Waals surface area contributed by atoms with Crippen LogP contribution in [0.1, 0.15) is 37.6 Å². The second kappa shape index (κ2) is 7.61. The number of methoxy groups -OCH3 is 1. The van der Waals surface area contributed by atoms with Crippen molar-refractivity contribution >= 4 is 15.9 Å². The summed E-state index contributed by atoms with van der Waals surface area (Å²) in [7, 11) is 1.69. The van der Waals surface area contributed by atoms with Crippen molar-refractivity contribution in [3.05, 3.63) is 46.2 Å². The highest BCUT2D eigenvalue weighted by atomic mass is 79.9. The fourth-order valence-electron chi connectivity index (χ4n) is 2.37. The predicted octanol–water partition coefficient (Wildman–Crippen LogP) is 3.76. The molecule has 0 aliphatic carbocycles. The number of hydrogen-bond acceptors (Lipinski definition) is 3. The molecule has 114 valence electrons. The Labute approximate surface area is 134 Å². The molecule has 0 aliphatic rings. The standard InChI is InChI=1S/C16H22BrN3O/c1-4-10-18-15(12-6-8-13(21-3)9-7-12)16-14(17)11-19-20(16)5-2/h6-9,11,15,18H,4-5,10H2,1-3H3. The molecule has 1 atom stereocenters. The van der Waals surface area contributed by atoms with Crippen molar-refractivity contribution in [2.24, 2.45) is 0 Å². The van der Waals surface area contributed by atoms with Crippen molar-refractivity contribution in [1.82, 2.24) is 15.1 Å². The minimum atomic E-state index is 0.118. The van der Waals surface area contributed by atoms with Gasteiger partial charge in [0.2, 0.25) is 0 Å². The summed E-state index contributed by atoms with van der Waals surface area (Å²) in [6.07, 6.45) is 2.95. The first-order valence-electron chi connectivity index (χ1n) is 7.29. The smallest absolute Gasteiger partial charge is 0.118 e. The molecule has 1 unspecified atom stereocenters. The van der Waals surface area contributed by atoms with Gasteiger partial charge in [-0.05, 0) is 53.5 Å². The maximum Gasteiger partial charge on any atom is 0.118 e. The number of aromatic nitrogens is 2. The van der Waals surface area contributed by atoms with E-state index in [0.29, 0.717) is 0 Å². The Morgan fingerprint density at radius 2 is 2.00 bits per heavy atom. The van der Waals surface area contributed by atoms with E-state index < -0.39 is 0 Å². The van der Waals surface area contributed by atoms with E-state index in [9.17, 15) is 0 Å². The van der Waals surface area contributed by atoms with E-state index in [1.807, 2.05) is 23.0 Å². The van der Waals surface area contributed by atoms with Crippen molar-refractivity contribution in [3.8, 4) is 5.75 Å². The zero-order valence-corrected chi connectivity index (χ0v) is 14.4. The first-order valence-corrected chi connectivity index (χ1v) is 8.09. The largest absolute Gasteiger partial charge is 0.497 e. The van der Waals surface area contributed by atoms with E-state index in [2.05, 4.69) is 52.3 Å². The highest BCUT2D eigenvalue weighted by Gasteiger charge is 2.21. The molecular weight excluding hydrogens is 330 g/mol. The van der Waals surface area contributed by atoms with Gasteiger partial charge in [-0.25, -0.2) is 0 Å². The van der Waals surface area contributed by atoms with Crippen LogP contribution in [0.5, 0.6) is 5.75 Å². The van der Waals surface area contributed by atoms with Gasteiger partial charge in [-0.15, -0.1) is 0 Å². The Morgan fingerprint density at radius 3 is 2.57 bits per heavy atom. The molecule has 2 aromatic rings. The van der Waals surface area contributed by atoms with Crippen LogP contribution >= 0.6 is 15.9 Å². The lowest BCUT2D eigenvalue weighted by molar-refractivity contribution is 0.414. The number of halogens is 1. The monoisotopic (exact) mass is 351 g/mol. The normalized spacial score (nSPS) is 12.4. The molecule has 0 radical (unpaired) electrons. The van der Waals surface area contributed by atoms with E-state index in [4.69, 9.17) is 4.74 Å². The molecule has 21 heavy (non-hydrogen) atoms. The van der Waals surface area contributed by atoms with Gasteiger partial charge < -0.3 is 10.1 Å². The summed E-state index contributed by atoms with van der Waals surface area (Å²) in [5.41, 5.74) is 2.37. The second-order valence-corrected chi connectivity index (χ2v) is 5.71. The van der Waals surface area contributed by atoms with E-state index in [-0.39, 0.29) is 6.04 Å². The quantitative estimate of drug-likeness (QED) is 0.825. The molecule has 1 N–H and O–H groups in total. The van der Waals surface area contributed by atoms with Gasteiger partial charge in [0.05, 0.1) is 29.5 Å². The molecule has 0 bridgehead atoms. The number of nitrogens with zero attached hydrogens (tertiary/aromatic N) is 2. The van der Waals surface area contributed by atoms with Crippen LogP contribution in [0, 0.1) is 0 Å². The minimum absolute atomic E-state index is 0.118. The van der Waals surface area contributed by atoms with E-state index in [0.717, 1.165) is 35.4 Å². The van der Waals surface area contributed by atoms with Gasteiger partial charge in [-0.3, -0.25) is 4.68 Å². The third-order valence-electron chi connectivity index (χ3n) is 3.45. The summed E-state index contributed by atoms with van der Waals surface area (Å²) in [5, 5.41) is 8.04. The number of ether oxygens (including phenoxy) is 1. The summed E-state index contributed by atoms with van der Waals surface area (Å²) in [6.45, 7) is 6.08. The van der Waals surface area contributed by atoms with Gasteiger partial charge >= 0.3 is 0 Å². The van der Waals surface area contributed by atoms with Crippen LogP contribution < -0.4 is 10.1 Å². The van der Waals surface area contributed by atoms with Crippen molar-refractivity contribution < 1.29 is 4.74 Å². The van der Waals surface area contributed by atoms with Gasteiger partial charge in [-0.1, -0.05) is 19.1 Å². The summed E-state index contributed by atoms with van der Waals surface area (Å²) < 4.78 is 8.31. The Bertz CT molecular complexity index is 565.